The van der Waals surface area contributed by atoms with Gasteiger partial charge in [-0.2, -0.15) is 0 Å². The lowest BCUT2D eigenvalue weighted by Gasteiger charge is -2.26. The molecule has 0 aromatic heterocycles. The van der Waals surface area contributed by atoms with Crippen molar-refractivity contribution in [1.82, 2.24) is 9.62 Å². The standard InChI is InChI=1S/C22H26F3N3O4S/c23-22(24,25)32-19-7-9-20(10-8-19)33(30,31)26-12-11-21(29)27-18-6-4-5-17(15-18)16-28-13-2-1-3-14-28/h4-10,15,26H,1-3,11-14,16H2,(H,27,29). The van der Waals surface area contributed by atoms with E-state index in [1.807, 2.05) is 18.2 Å². The fourth-order valence-electron chi connectivity index (χ4n) is 3.55. The van der Waals surface area contributed by atoms with Gasteiger partial charge in [0.2, 0.25) is 15.9 Å². The number of hydrogen-bond acceptors (Lipinski definition) is 5. The highest BCUT2D eigenvalue weighted by molar-refractivity contribution is 7.89. The highest BCUT2D eigenvalue weighted by Gasteiger charge is 2.31. The van der Waals surface area contributed by atoms with Gasteiger partial charge in [0.1, 0.15) is 5.75 Å². The molecule has 0 atom stereocenters. The molecule has 0 aliphatic carbocycles. The molecule has 11 heteroatoms. The molecule has 1 fully saturated rings. The molecule has 0 radical (unpaired) electrons. The Morgan fingerprint density at radius 2 is 1.73 bits per heavy atom. The molecule has 0 bridgehead atoms. The Labute approximate surface area is 191 Å². The fraction of sp³-hybridized carbons (Fsp3) is 0.409. The second-order valence-electron chi connectivity index (χ2n) is 7.75. The van der Waals surface area contributed by atoms with Crippen molar-refractivity contribution >= 4 is 21.6 Å². The summed E-state index contributed by atoms with van der Waals surface area (Å²) < 4.78 is 67.2. The number of ether oxygens (including phenoxy) is 1. The number of nitrogens with zero attached hydrogens (tertiary/aromatic N) is 1. The van der Waals surface area contributed by atoms with Crippen molar-refractivity contribution in [3.8, 4) is 5.75 Å². The maximum atomic E-state index is 12.3. The van der Waals surface area contributed by atoms with Gasteiger partial charge in [0.05, 0.1) is 4.90 Å². The molecule has 1 heterocycles. The van der Waals surface area contributed by atoms with Gasteiger partial charge in [0, 0.05) is 25.2 Å². The van der Waals surface area contributed by atoms with Gasteiger partial charge in [0.15, 0.2) is 0 Å². The Kier molecular flexibility index (Phi) is 8.33. The number of carbonyl (C=O) groups is 1. The molecule has 1 amide bonds. The van der Waals surface area contributed by atoms with Crippen LogP contribution >= 0.6 is 0 Å². The first-order chi connectivity index (χ1) is 15.6. The largest absolute Gasteiger partial charge is 0.573 e. The number of nitrogens with one attached hydrogen (secondary N) is 2. The molecular weight excluding hydrogens is 459 g/mol. The van der Waals surface area contributed by atoms with Crippen molar-refractivity contribution in [2.24, 2.45) is 0 Å². The zero-order valence-corrected chi connectivity index (χ0v) is 18.7. The van der Waals surface area contributed by atoms with Crippen molar-refractivity contribution in [2.45, 2.75) is 43.5 Å². The zero-order valence-electron chi connectivity index (χ0n) is 17.9. The van der Waals surface area contributed by atoms with E-state index in [0.29, 0.717) is 5.69 Å². The molecule has 0 unspecified atom stereocenters. The van der Waals surface area contributed by atoms with Gasteiger partial charge in [-0.3, -0.25) is 9.69 Å². The van der Waals surface area contributed by atoms with Crippen LogP contribution in [-0.4, -0.2) is 45.2 Å². The molecule has 180 valence electrons. The van der Waals surface area contributed by atoms with Crippen LogP contribution in [0.15, 0.2) is 53.4 Å². The minimum absolute atomic E-state index is 0.106. The Hall–Kier alpha value is -2.63. The monoisotopic (exact) mass is 485 g/mol. The first kappa shape index (κ1) is 25.0. The van der Waals surface area contributed by atoms with Crippen LogP contribution in [-0.2, 0) is 21.4 Å². The number of hydrogen-bond donors (Lipinski definition) is 2. The number of anilines is 1. The van der Waals surface area contributed by atoms with Crippen LogP contribution in [0.2, 0.25) is 0 Å². The van der Waals surface area contributed by atoms with Crippen LogP contribution in [0.1, 0.15) is 31.2 Å². The van der Waals surface area contributed by atoms with Crippen LogP contribution in [0.4, 0.5) is 18.9 Å². The predicted molar refractivity (Wildman–Crippen MR) is 117 cm³/mol. The molecule has 2 N–H and O–H groups in total. The highest BCUT2D eigenvalue weighted by Crippen LogP contribution is 2.24. The van der Waals surface area contributed by atoms with Crippen molar-refractivity contribution in [1.29, 1.82) is 0 Å². The molecule has 1 aliphatic heterocycles. The van der Waals surface area contributed by atoms with Crippen molar-refractivity contribution in [3.63, 3.8) is 0 Å². The average molecular weight is 486 g/mol. The number of carbonyl (C=O) groups excluding carboxylic acids is 1. The quantitative estimate of drug-likeness (QED) is 0.563. The second kappa shape index (κ2) is 11.0. The predicted octanol–water partition coefficient (Wildman–Crippen LogP) is 3.88. The second-order valence-corrected chi connectivity index (χ2v) is 9.52. The van der Waals surface area contributed by atoms with Gasteiger partial charge >= 0.3 is 6.36 Å². The summed E-state index contributed by atoms with van der Waals surface area (Å²) in [6.45, 7) is 2.78. The third kappa shape index (κ3) is 8.34. The maximum absolute atomic E-state index is 12.3. The number of likely N-dealkylation sites (tertiary alicyclic amines) is 1. The van der Waals surface area contributed by atoms with E-state index < -0.39 is 22.1 Å². The lowest BCUT2D eigenvalue weighted by Crippen LogP contribution is -2.29. The van der Waals surface area contributed by atoms with E-state index in [9.17, 15) is 26.4 Å². The van der Waals surface area contributed by atoms with E-state index in [-0.39, 0.29) is 23.8 Å². The molecule has 2 aromatic carbocycles. The Bertz CT molecular complexity index is 1040. The molecule has 1 aliphatic rings. The van der Waals surface area contributed by atoms with Crippen LogP contribution in [0.5, 0.6) is 5.75 Å². The normalized spacial score (nSPS) is 15.2. The van der Waals surface area contributed by atoms with Crippen LogP contribution in [0.25, 0.3) is 0 Å². The lowest BCUT2D eigenvalue weighted by atomic mass is 10.1. The first-order valence-corrected chi connectivity index (χ1v) is 12.1. The smallest absolute Gasteiger partial charge is 0.406 e. The molecule has 0 saturated carbocycles. The van der Waals surface area contributed by atoms with E-state index in [1.165, 1.54) is 19.3 Å². The highest BCUT2D eigenvalue weighted by atomic mass is 32.2. The zero-order chi connectivity index (χ0) is 23.9. The van der Waals surface area contributed by atoms with Crippen molar-refractivity contribution < 1.29 is 31.1 Å². The molecule has 1 saturated heterocycles. The van der Waals surface area contributed by atoms with Crippen molar-refractivity contribution in [2.75, 3.05) is 25.0 Å². The molecule has 7 nitrogen and oxygen atoms in total. The topological polar surface area (TPSA) is 87.7 Å². The number of rotatable bonds is 9. The fourth-order valence-corrected chi connectivity index (χ4v) is 4.58. The van der Waals surface area contributed by atoms with E-state index in [0.717, 1.165) is 49.5 Å². The third-order valence-electron chi connectivity index (χ3n) is 5.08. The summed E-state index contributed by atoms with van der Waals surface area (Å²) in [6, 6.07) is 11.4. The summed E-state index contributed by atoms with van der Waals surface area (Å²) in [5.41, 5.74) is 1.73. The summed E-state index contributed by atoms with van der Waals surface area (Å²) in [7, 11) is -3.98. The summed E-state index contributed by atoms with van der Waals surface area (Å²) in [6.07, 6.45) is -1.33. The maximum Gasteiger partial charge on any atom is 0.573 e. The molecule has 2 aromatic rings. The molecule has 0 spiro atoms. The van der Waals surface area contributed by atoms with Crippen molar-refractivity contribution in [3.05, 3.63) is 54.1 Å². The first-order valence-electron chi connectivity index (χ1n) is 10.6. The van der Waals surface area contributed by atoms with Crippen LogP contribution < -0.4 is 14.8 Å². The van der Waals surface area contributed by atoms with Gasteiger partial charge in [-0.1, -0.05) is 18.6 Å². The Morgan fingerprint density at radius 3 is 2.39 bits per heavy atom. The number of piperidine rings is 1. The minimum Gasteiger partial charge on any atom is -0.406 e. The minimum atomic E-state index is -4.86. The number of amides is 1. The number of benzene rings is 2. The van der Waals surface area contributed by atoms with Crippen LogP contribution in [0.3, 0.4) is 0 Å². The summed E-state index contributed by atoms with van der Waals surface area (Å²) in [5, 5.41) is 2.76. The van der Waals surface area contributed by atoms with Gasteiger partial charge < -0.3 is 10.1 Å². The summed E-state index contributed by atoms with van der Waals surface area (Å²) in [5.74, 6) is -0.884. The van der Waals surface area contributed by atoms with E-state index in [1.54, 1.807) is 6.07 Å². The van der Waals surface area contributed by atoms with Gasteiger partial charge in [-0.15, -0.1) is 13.2 Å². The Balaban J connectivity index is 1.47. The average Bonchev–Trinajstić information content (AvgIpc) is 2.74. The van der Waals surface area contributed by atoms with E-state index in [2.05, 4.69) is 19.7 Å². The SMILES string of the molecule is O=C(CCNS(=O)(=O)c1ccc(OC(F)(F)F)cc1)Nc1cccc(CN2CCCCC2)c1. The summed E-state index contributed by atoms with van der Waals surface area (Å²) in [4.78, 5) is 14.4. The molecular formula is C22H26F3N3O4S. The third-order valence-corrected chi connectivity index (χ3v) is 6.55. The molecule has 3 rings (SSSR count). The summed E-state index contributed by atoms with van der Waals surface area (Å²) >= 11 is 0. The van der Waals surface area contributed by atoms with Crippen LogP contribution in [0, 0.1) is 0 Å². The number of sulfonamides is 1. The molecule has 33 heavy (non-hydrogen) atoms. The van der Waals surface area contributed by atoms with Gasteiger partial charge in [-0.25, -0.2) is 13.1 Å². The van der Waals surface area contributed by atoms with Gasteiger partial charge in [0.25, 0.3) is 0 Å². The number of alkyl halides is 3. The Morgan fingerprint density at radius 1 is 1.03 bits per heavy atom. The number of halogens is 3. The van der Waals surface area contributed by atoms with E-state index in [4.69, 9.17) is 0 Å². The lowest BCUT2D eigenvalue weighted by molar-refractivity contribution is -0.274. The van der Waals surface area contributed by atoms with Gasteiger partial charge in [-0.05, 0) is 67.9 Å². The van der Waals surface area contributed by atoms with E-state index >= 15 is 0 Å².